The molecule has 486 valence electrons. The highest BCUT2D eigenvalue weighted by molar-refractivity contribution is 7.90. The maximum atomic E-state index is 14.6. The minimum absolute atomic E-state index is 0.0208. The summed E-state index contributed by atoms with van der Waals surface area (Å²) >= 11 is 0. The number of rotatable bonds is 41. The lowest BCUT2D eigenvalue weighted by Gasteiger charge is -2.41. The number of hydrogen-bond donors (Lipinski definition) is 3. The van der Waals surface area contributed by atoms with Crippen LogP contribution in [0, 0.1) is 29.6 Å². The Morgan fingerprint density at radius 1 is 0.788 bits per heavy atom. The molecule has 23 nitrogen and oxygen atoms in total. The minimum atomic E-state index is -3.88. The van der Waals surface area contributed by atoms with Gasteiger partial charge in [0.05, 0.1) is 107 Å². The molecule has 1 saturated carbocycles. The van der Waals surface area contributed by atoms with E-state index < -0.39 is 86.9 Å². The Balaban J connectivity index is 0.00000133. The number of carboxylic acids is 1. The van der Waals surface area contributed by atoms with Gasteiger partial charge in [-0.15, -0.1) is 0 Å². The fourth-order valence-electron chi connectivity index (χ4n) is 10.4. The number of esters is 1. The van der Waals surface area contributed by atoms with Crippen molar-refractivity contribution in [3.8, 4) is 0 Å². The molecular weight excluding hydrogens is 1120 g/mol. The van der Waals surface area contributed by atoms with Crippen molar-refractivity contribution in [3.05, 3.63) is 35.9 Å². The number of benzene rings is 1. The summed E-state index contributed by atoms with van der Waals surface area (Å²) in [6.45, 7) is 21.9. The molecule has 0 aromatic heterocycles. The summed E-state index contributed by atoms with van der Waals surface area (Å²) < 4.78 is 65.8. The molecule has 1 aromatic rings. The molecule has 0 spiro atoms. The fourth-order valence-corrected chi connectivity index (χ4v) is 11.7. The molecule has 2 fully saturated rings. The summed E-state index contributed by atoms with van der Waals surface area (Å²) in [5.41, 5.74) is 0.275. The second kappa shape index (κ2) is 39.0. The zero-order chi connectivity index (χ0) is 64.0. The molecule has 0 bridgehead atoms. The van der Waals surface area contributed by atoms with Crippen LogP contribution in [0.1, 0.15) is 133 Å². The first-order valence-corrected chi connectivity index (χ1v) is 31.5. The van der Waals surface area contributed by atoms with Crippen LogP contribution in [0.25, 0.3) is 0 Å². The third-order valence-corrected chi connectivity index (χ3v) is 17.0. The Hall–Kier alpha value is -4.95. The molecule has 1 aromatic carbocycles. The SMILES string of the molecule is CC(C)(C)OC(=O)CCOCCOCC=O.CC[C@H](C)[C@@H]([C@@H](CC(=O)N1CCC[C@H]1[C@H](OC)[C@@H](C)C(=O)N[C@@H](Cc1ccccc1)C(=O)NS(=O)(=O)C1CC1)OC)N(C)C(=O)[C@@H](CC(=O)[C@H](C(C)C)N(C)CCOCCOCCC(=O)O)C(C)C. The molecule has 1 saturated heterocycles. The van der Waals surface area contributed by atoms with Crippen molar-refractivity contribution >= 4 is 57.7 Å². The Bertz CT molecular complexity index is 2320. The quantitative estimate of drug-likeness (QED) is 0.0447. The molecular formula is C61H103N5O18S. The van der Waals surface area contributed by atoms with Crippen molar-refractivity contribution in [1.82, 2.24) is 24.7 Å². The topological polar surface area (TPSA) is 289 Å². The van der Waals surface area contributed by atoms with Gasteiger partial charge >= 0.3 is 11.9 Å². The van der Waals surface area contributed by atoms with Gasteiger partial charge in [-0.1, -0.05) is 85.2 Å². The van der Waals surface area contributed by atoms with Gasteiger partial charge in [-0.2, -0.15) is 0 Å². The first kappa shape index (κ1) is 76.1. The van der Waals surface area contributed by atoms with E-state index in [0.29, 0.717) is 77.9 Å². The van der Waals surface area contributed by atoms with Crippen molar-refractivity contribution in [1.29, 1.82) is 0 Å². The number of hydrogen-bond acceptors (Lipinski definition) is 18. The van der Waals surface area contributed by atoms with Crippen LogP contribution >= 0.6 is 0 Å². The number of aliphatic carboxylic acids is 1. The zero-order valence-corrected chi connectivity index (χ0v) is 54.0. The van der Waals surface area contributed by atoms with Gasteiger partial charge in [-0.3, -0.25) is 43.2 Å². The number of aldehydes is 1. The molecule has 9 atom stereocenters. The number of nitrogens with zero attached hydrogens (tertiary/aromatic N) is 3. The van der Waals surface area contributed by atoms with Crippen LogP contribution in [0.15, 0.2) is 30.3 Å². The smallest absolute Gasteiger partial charge is 0.308 e. The first-order valence-electron chi connectivity index (χ1n) is 30.0. The molecule has 0 unspecified atom stereocenters. The summed E-state index contributed by atoms with van der Waals surface area (Å²) in [4.78, 5) is 108. The van der Waals surface area contributed by atoms with Gasteiger partial charge < -0.3 is 58.2 Å². The summed E-state index contributed by atoms with van der Waals surface area (Å²) in [6, 6.07) is 6.30. The zero-order valence-electron chi connectivity index (χ0n) is 53.2. The Morgan fingerprint density at radius 3 is 1.92 bits per heavy atom. The maximum absolute atomic E-state index is 14.6. The lowest BCUT2D eigenvalue weighted by atomic mass is 9.83. The van der Waals surface area contributed by atoms with Crippen LogP contribution in [0.5, 0.6) is 0 Å². The summed E-state index contributed by atoms with van der Waals surface area (Å²) in [6.07, 6.45) is 2.18. The van der Waals surface area contributed by atoms with Gasteiger partial charge in [0, 0.05) is 53.1 Å². The lowest BCUT2D eigenvalue weighted by Crippen LogP contribution is -2.55. The van der Waals surface area contributed by atoms with E-state index in [9.17, 15) is 46.8 Å². The average Bonchev–Trinajstić information content (AvgIpc) is 3.11. The highest BCUT2D eigenvalue weighted by Crippen LogP contribution is 2.32. The molecule has 1 aliphatic carbocycles. The second-order valence-electron chi connectivity index (χ2n) is 23.8. The number of sulfonamides is 1. The number of carbonyl (C=O) groups is 8. The van der Waals surface area contributed by atoms with Crippen molar-refractivity contribution in [2.45, 2.75) is 181 Å². The lowest BCUT2D eigenvalue weighted by molar-refractivity contribution is -0.156. The van der Waals surface area contributed by atoms with E-state index in [0.717, 1.165) is 5.56 Å². The largest absolute Gasteiger partial charge is 0.481 e. The van der Waals surface area contributed by atoms with Gasteiger partial charge in [-0.25, -0.2) is 8.42 Å². The first-order chi connectivity index (χ1) is 40.0. The molecule has 85 heavy (non-hydrogen) atoms. The van der Waals surface area contributed by atoms with Gasteiger partial charge in [-0.05, 0) is 76.8 Å². The van der Waals surface area contributed by atoms with Crippen LogP contribution in [-0.4, -0.2) is 217 Å². The number of ether oxygens (including phenoxy) is 7. The molecule has 3 rings (SSSR count). The standard InChI is InChI=1S/C50H83N5O13S.C11H20O5/c1-12-34(6)46(54(9)50(62)38(32(2)3)30-41(56)45(33(4)5)53(8)24-26-68-28-27-67-25-22-44(58)59)42(65-10)31-43(57)55-23-16-19-40(55)47(66-11)35(7)48(60)51-39(29-36-17-14-13-15-18-36)49(61)52-69(63,64)37-20-21-37;1-11(2,3)16-10(13)4-6-14-8-9-15-7-5-12/h13-15,17-18,32-35,37-40,42,45-47H,12,16,19-31H2,1-11H3,(H,51,60)(H,52,61)(H,58,59);5H,4,6-9H2,1-3H3/t34-,35+,38-,39-,40-,42+,45-,46-,47+;/m0./s1. The summed E-state index contributed by atoms with van der Waals surface area (Å²) in [5.74, 6) is -4.88. The monoisotopic (exact) mass is 1230 g/mol. The van der Waals surface area contributed by atoms with Crippen LogP contribution in [0.3, 0.4) is 0 Å². The number of likely N-dealkylation sites (N-methyl/N-ethyl adjacent to an activating group) is 2. The summed E-state index contributed by atoms with van der Waals surface area (Å²) in [5, 5.41) is 10.9. The van der Waals surface area contributed by atoms with Gasteiger partial charge in [0.15, 0.2) is 5.78 Å². The van der Waals surface area contributed by atoms with E-state index in [-0.39, 0.29) is 99.9 Å². The number of amides is 4. The van der Waals surface area contributed by atoms with E-state index in [2.05, 4.69) is 10.0 Å². The van der Waals surface area contributed by atoms with Crippen molar-refractivity contribution in [3.63, 3.8) is 0 Å². The van der Waals surface area contributed by atoms with Crippen LogP contribution in [0.2, 0.25) is 0 Å². The van der Waals surface area contributed by atoms with Crippen LogP contribution in [-0.2, 0) is 88.0 Å². The summed E-state index contributed by atoms with van der Waals surface area (Å²) in [7, 11) is 2.70. The number of Topliss-reactive ketones (excluding diaryl/α,β-unsaturated/α-hetero) is 1. The molecule has 1 heterocycles. The third-order valence-electron chi connectivity index (χ3n) is 15.2. The number of ketones is 1. The number of methoxy groups -OCH3 is 2. The van der Waals surface area contributed by atoms with E-state index >= 15 is 0 Å². The van der Waals surface area contributed by atoms with Crippen molar-refractivity contribution in [2.24, 2.45) is 29.6 Å². The number of carboxylic acid groups (broad SMARTS) is 1. The number of likely N-dealkylation sites (tertiary alicyclic amines) is 1. The predicted molar refractivity (Wildman–Crippen MR) is 320 cm³/mol. The third kappa shape index (κ3) is 27.7. The van der Waals surface area contributed by atoms with Crippen molar-refractivity contribution < 1.29 is 85.0 Å². The van der Waals surface area contributed by atoms with E-state index in [1.165, 1.54) is 14.2 Å². The average molecular weight is 1230 g/mol. The molecule has 1 aliphatic heterocycles. The van der Waals surface area contributed by atoms with E-state index in [4.69, 9.17) is 38.3 Å². The molecule has 0 radical (unpaired) electrons. The Kier molecular flexibility index (Phi) is 35.0. The van der Waals surface area contributed by atoms with Gasteiger partial charge in [0.2, 0.25) is 27.7 Å². The Morgan fingerprint density at radius 2 is 1.39 bits per heavy atom. The minimum Gasteiger partial charge on any atom is -0.481 e. The molecule has 2 aliphatic rings. The predicted octanol–water partition coefficient (Wildman–Crippen LogP) is 4.89. The van der Waals surface area contributed by atoms with E-state index in [1.54, 1.807) is 48.0 Å². The van der Waals surface area contributed by atoms with Gasteiger partial charge in [0.25, 0.3) is 5.91 Å². The van der Waals surface area contributed by atoms with Gasteiger partial charge in [0.1, 0.15) is 24.5 Å². The molecule has 3 N–H and O–H groups in total. The Labute approximate surface area is 506 Å². The maximum Gasteiger partial charge on any atom is 0.308 e. The molecule has 24 heteroatoms. The molecule has 4 amide bonds. The van der Waals surface area contributed by atoms with E-state index in [1.807, 2.05) is 80.3 Å². The second-order valence-corrected chi connectivity index (χ2v) is 25.8. The van der Waals surface area contributed by atoms with Crippen LogP contribution in [0.4, 0.5) is 0 Å². The van der Waals surface area contributed by atoms with Crippen LogP contribution < -0.4 is 10.0 Å². The highest BCUT2D eigenvalue weighted by atomic mass is 32.2. The number of nitrogens with one attached hydrogen (secondary N) is 2. The van der Waals surface area contributed by atoms with Crippen molar-refractivity contribution in [2.75, 3.05) is 94.3 Å². The normalized spacial score (nSPS) is 17.4. The fraction of sp³-hybridized carbons (Fsp3) is 0.770. The highest BCUT2D eigenvalue weighted by Gasteiger charge is 2.44. The number of carbonyl (C=O) groups excluding carboxylic acids is 7.